The van der Waals surface area contributed by atoms with Gasteiger partial charge in [0.2, 0.25) is 16.9 Å². The largest absolute Gasteiger partial charge is 0.480 e. The van der Waals surface area contributed by atoms with Crippen LogP contribution in [-0.4, -0.2) is 41.5 Å². The number of aromatic nitrogens is 6. The van der Waals surface area contributed by atoms with Crippen LogP contribution in [0, 0.1) is 0 Å². The minimum Gasteiger partial charge on any atom is -0.480 e. The molecule has 2 rings (SSSR count). The van der Waals surface area contributed by atoms with Crippen molar-refractivity contribution in [2.24, 2.45) is 0 Å². The molecule has 2 aromatic rings. The van der Waals surface area contributed by atoms with Crippen molar-refractivity contribution < 1.29 is 14.3 Å². The SMILES string of the molecule is CC(C)(C)c1nnc(CSc2nnnn2CC(=O)O)o1. The Hall–Kier alpha value is -1.97. The summed E-state index contributed by atoms with van der Waals surface area (Å²) in [4.78, 5) is 10.6. The number of nitrogens with zero attached hydrogens (tertiary/aromatic N) is 6. The van der Waals surface area contributed by atoms with Gasteiger partial charge in [-0.05, 0) is 10.4 Å². The van der Waals surface area contributed by atoms with Crippen LogP contribution in [0.25, 0.3) is 0 Å². The summed E-state index contributed by atoms with van der Waals surface area (Å²) in [6.07, 6.45) is 0. The molecule has 9 nitrogen and oxygen atoms in total. The maximum absolute atomic E-state index is 10.6. The molecule has 0 fully saturated rings. The second kappa shape index (κ2) is 5.57. The van der Waals surface area contributed by atoms with Crippen molar-refractivity contribution in [2.75, 3.05) is 0 Å². The molecule has 0 aromatic carbocycles. The third-order valence-corrected chi connectivity index (χ3v) is 3.16. The zero-order chi connectivity index (χ0) is 14.8. The fourth-order valence-electron chi connectivity index (χ4n) is 1.27. The van der Waals surface area contributed by atoms with E-state index in [1.165, 1.54) is 16.4 Å². The first-order valence-corrected chi connectivity index (χ1v) is 6.78. The van der Waals surface area contributed by atoms with Gasteiger partial charge in [0.05, 0.1) is 5.75 Å². The maximum atomic E-state index is 10.6. The van der Waals surface area contributed by atoms with E-state index in [1.807, 2.05) is 20.8 Å². The summed E-state index contributed by atoms with van der Waals surface area (Å²) in [5.74, 6) is 0.373. The summed E-state index contributed by atoms with van der Waals surface area (Å²) in [6.45, 7) is 5.65. The minimum absolute atomic E-state index is 0.208. The van der Waals surface area contributed by atoms with E-state index >= 15 is 0 Å². The van der Waals surface area contributed by atoms with Crippen molar-refractivity contribution in [3.8, 4) is 0 Å². The van der Waals surface area contributed by atoms with Crippen LogP contribution in [0.5, 0.6) is 0 Å². The van der Waals surface area contributed by atoms with Crippen molar-refractivity contribution in [3.63, 3.8) is 0 Å². The number of hydrogen-bond acceptors (Lipinski definition) is 8. The molecule has 0 saturated heterocycles. The Morgan fingerprint density at radius 3 is 2.70 bits per heavy atom. The van der Waals surface area contributed by atoms with Crippen LogP contribution in [-0.2, 0) is 22.5 Å². The van der Waals surface area contributed by atoms with Crippen molar-refractivity contribution in [3.05, 3.63) is 11.8 Å². The average Bonchev–Trinajstić information content (AvgIpc) is 2.93. The smallest absolute Gasteiger partial charge is 0.325 e. The van der Waals surface area contributed by atoms with Crippen LogP contribution < -0.4 is 0 Å². The summed E-state index contributed by atoms with van der Waals surface area (Å²) >= 11 is 1.24. The number of thioether (sulfide) groups is 1. The number of carbonyl (C=O) groups is 1. The molecule has 0 aliphatic rings. The third-order valence-electron chi connectivity index (χ3n) is 2.22. The van der Waals surface area contributed by atoms with Gasteiger partial charge in [-0.25, -0.2) is 4.68 Å². The van der Waals surface area contributed by atoms with Gasteiger partial charge < -0.3 is 9.52 Å². The summed E-state index contributed by atoms with van der Waals surface area (Å²) < 4.78 is 6.73. The average molecular weight is 298 g/mol. The summed E-state index contributed by atoms with van der Waals surface area (Å²) in [5, 5.41) is 27.8. The number of aliphatic carboxylic acids is 1. The van der Waals surface area contributed by atoms with Crippen LogP contribution in [0.1, 0.15) is 32.6 Å². The molecule has 0 radical (unpaired) electrons. The highest BCUT2D eigenvalue weighted by Crippen LogP contribution is 2.23. The van der Waals surface area contributed by atoms with Crippen molar-refractivity contribution in [1.82, 2.24) is 30.4 Å². The third kappa shape index (κ3) is 3.53. The lowest BCUT2D eigenvalue weighted by molar-refractivity contribution is -0.138. The summed E-state index contributed by atoms with van der Waals surface area (Å²) in [5.41, 5.74) is -0.208. The van der Waals surface area contributed by atoms with E-state index in [0.717, 1.165) is 0 Å². The lowest BCUT2D eigenvalue weighted by atomic mass is 9.97. The van der Waals surface area contributed by atoms with Crippen molar-refractivity contribution in [1.29, 1.82) is 0 Å². The van der Waals surface area contributed by atoms with E-state index in [-0.39, 0.29) is 12.0 Å². The molecule has 0 aliphatic heterocycles. The zero-order valence-corrected chi connectivity index (χ0v) is 12.1. The number of carboxylic acid groups (broad SMARTS) is 1. The zero-order valence-electron chi connectivity index (χ0n) is 11.3. The highest BCUT2D eigenvalue weighted by Gasteiger charge is 2.21. The Kier molecular flexibility index (Phi) is 4.02. The fraction of sp³-hybridized carbons (Fsp3) is 0.600. The highest BCUT2D eigenvalue weighted by atomic mass is 32.2. The van der Waals surface area contributed by atoms with Gasteiger partial charge in [0.25, 0.3) is 0 Å². The van der Waals surface area contributed by atoms with Crippen LogP contribution in [0.15, 0.2) is 9.57 Å². The van der Waals surface area contributed by atoms with Gasteiger partial charge in [0.1, 0.15) is 6.54 Å². The van der Waals surface area contributed by atoms with Crippen molar-refractivity contribution in [2.45, 2.75) is 43.6 Å². The lowest BCUT2D eigenvalue weighted by Gasteiger charge is -2.10. The number of tetrazole rings is 1. The molecule has 10 heteroatoms. The second-order valence-corrected chi connectivity index (χ2v) is 5.99. The second-order valence-electron chi connectivity index (χ2n) is 5.05. The summed E-state index contributed by atoms with van der Waals surface area (Å²) in [7, 11) is 0. The first kappa shape index (κ1) is 14.4. The predicted octanol–water partition coefficient (Wildman–Crippen LogP) is 0.731. The van der Waals surface area contributed by atoms with E-state index in [9.17, 15) is 4.79 Å². The van der Waals surface area contributed by atoms with Crippen LogP contribution in [0.4, 0.5) is 0 Å². The predicted molar refractivity (Wildman–Crippen MR) is 68.0 cm³/mol. The van der Waals surface area contributed by atoms with E-state index < -0.39 is 5.97 Å². The van der Waals surface area contributed by atoms with Crippen LogP contribution in [0.3, 0.4) is 0 Å². The Morgan fingerprint density at radius 1 is 1.35 bits per heavy atom. The van der Waals surface area contributed by atoms with Gasteiger partial charge in [-0.1, -0.05) is 32.5 Å². The first-order valence-electron chi connectivity index (χ1n) is 5.80. The molecule has 2 heterocycles. The Balaban J connectivity index is 2.00. The van der Waals surface area contributed by atoms with Crippen LogP contribution in [0.2, 0.25) is 0 Å². The number of hydrogen-bond donors (Lipinski definition) is 1. The lowest BCUT2D eigenvalue weighted by Crippen LogP contribution is -2.11. The van der Waals surface area contributed by atoms with E-state index in [1.54, 1.807) is 0 Å². The molecule has 108 valence electrons. The van der Waals surface area contributed by atoms with Gasteiger partial charge in [0, 0.05) is 5.41 Å². The quantitative estimate of drug-likeness (QED) is 0.796. The molecule has 0 saturated carbocycles. The molecular weight excluding hydrogens is 284 g/mol. The molecule has 0 bridgehead atoms. The fourth-order valence-corrected chi connectivity index (χ4v) is 1.98. The van der Waals surface area contributed by atoms with E-state index in [4.69, 9.17) is 9.52 Å². The molecule has 0 atom stereocenters. The topological polar surface area (TPSA) is 120 Å². The molecule has 1 N–H and O–H groups in total. The number of carboxylic acids is 1. The Labute approximate surface area is 118 Å². The molecule has 20 heavy (non-hydrogen) atoms. The standard InChI is InChI=1S/C10H14N6O3S/c1-10(2,3)8-12-11-6(19-8)5-20-9-13-14-15-16(9)4-7(17)18/h4-5H2,1-3H3,(H,17,18). The van der Waals surface area contributed by atoms with Gasteiger partial charge in [-0.15, -0.1) is 15.3 Å². The van der Waals surface area contributed by atoms with Gasteiger partial charge in [-0.3, -0.25) is 4.79 Å². The molecule has 2 aromatic heterocycles. The first-order chi connectivity index (χ1) is 9.36. The highest BCUT2D eigenvalue weighted by molar-refractivity contribution is 7.98. The Morgan fingerprint density at radius 2 is 2.10 bits per heavy atom. The van der Waals surface area contributed by atoms with Crippen molar-refractivity contribution >= 4 is 17.7 Å². The monoisotopic (exact) mass is 298 g/mol. The minimum atomic E-state index is -1.01. The molecule has 0 amide bonds. The van der Waals surface area contributed by atoms with Gasteiger partial charge in [0.15, 0.2) is 0 Å². The van der Waals surface area contributed by atoms with Gasteiger partial charge in [-0.2, -0.15) is 0 Å². The number of rotatable bonds is 5. The molecule has 0 spiro atoms. The van der Waals surface area contributed by atoms with Crippen LogP contribution >= 0.6 is 11.8 Å². The Bertz CT molecular complexity index is 602. The maximum Gasteiger partial charge on any atom is 0.325 e. The summed E-state index contributed by atoms with van der Waals surface area (Å²) in [6, 6.07) is 0. The van der Waals surface area contributed by atoms with Gasteiger partial charge >= 0.3 is 5.97 Å². The molecule has 0 unspecified atom stereocenters. The van der Waals surface area contributed by atoms with E-state index in [0.29, 0.717) is 22.7 Å². The van der Waals surface area contributed by atoms with E-state index in [2.05, 4.69) is 25.7 Å². The normalized spacial score (nSPS) is 11.8. The molecule has 0 aliphatic carbocycles. The molecular formula is C10H14N6O3S.